The van der Waals surface area contributed by atoms with Gasteiger partial charge in [0.15, 0.2) is 5.58 Å². The number of aromatic nitrogens is 1. The Kier molecular flexibility index (Phi) is 4.17. The number of H-pyrrole nitrogens is 1. The lowest BCUT2D eigenvalue weighted by molar-refractivity contribution is 0.516. The standard InChI is InChI=1S/C13H19N3O2/c1-14-7-3-4-10(15-2)9-5-6-11-12(8-9)18-13(17)16-11/h5-6,8,10,14-15H,3-4,7H2,1-2H3,(H,16,17). The van der Waals surface area contributed by atoms with Crippen molar-refractivity contribution in [1.29, 1.82) is 0 Å². The molecule has 0 aliphatic carbocycles. The number of hydrogen-bond acceptors (Lipinski definition) is 4. The van der Waals surface area contributed by atoms with E-state index in [0.717, 1.165) is 30.5 Å². The van der Waals surface area contributed by atoms with Crippen molar-refractivity contribution in [3.8, 4) is 0 Å². The minimum atomic E-state index is -0.404. The zero-order chi connectivity index (χ0) is 13.0. The van der Waals surface area contributed by atoms with Crippen LogP contribution in [0.1, 0.15) is 24.4 Å². The van der Waals surface area contributed by atoms with Gasteiger partial charge >= 0.3 is 5.76 Å². The smallest absolute Gasteiger partial charge is 0.408 e. The lowest BCUT2D eigenvalue weighted by Gasteiger charge is -2.16. The second kappa shape index (κ2) is 5.84. The zero-order valence-electron chi connectivity index (χ0n) is 10.7. The fourth-order valence-electron chi connectivity index (χ4n) is 2.14. The average molecular weight is 249 g/mol. The third-order valence-corrected chi connectivity index (χ3v) is 3.12. The van der Waals surface area contributed by atoms with E-state index in [4.69, 9.17) is 4.42 Å². The first-order chi connectivity index (χ1) is 8.74. The molecule has 5 heteroatoms. The molecule has 3 N–H and O–H groups in total. The molecule has 18 heavy (non-hydrogen) atoms. The van der Waals surface area contributed by atoms with Gasteiger partial charge in [-0.05, 0) is 51.2 Å². The highest BCUT2D eigenvalue weighted by Gasteiger charge is 2.10. The molecule has 0 bridgehead atoms. The van der Waals surface area contributed by atoms with Crippen molar-refractivity contribution in [2.24, 2.45) is 0 Å². The summed E-state index contributed by atoms with van der Waals surface area (Å²) >= 11 is 0. The van der Waals surface area contributed by atoms with Crippen molar-refractivity contribution in [2.75, 3.05) is 20.6 Å². The van der Waals surface area contributed by atoms with Gasteiger partial charge in [0.2, 0.25) is 0 Å². The summed E-state index contributed by atoms with van der Waals surface area (Å²) in [5.74, 6) is -0.404. The Labute approximate surface area is 106 Å². The van der Waals surface area contributed by atoms with E-state index in [1.807, 2.05) is 32.3 Å². The van der Waals surface area contributed by atoms with Crippen molar-refractivity contribution < 1.29 is 4.42 Å². The van der Waals surface area contributed by atoms with E-state index in [-0.39, 0.29) is 6.04 Å². The number of aromatic amines is 1. The predicted octanol–water partition coefficient (Wildman–Crippen LogP) is 1.38. The minimum absolute atomic E-state index is 0.281. The second-order valence-corrected chi connectivity index (χ2v) is 4.36. The van der Waals surface area contributed by atoms with Crippen LogP contribution in [0.15, 0.2) is 27.4 Å². The van der Waals surface area contributed by atoms with Crippen LogP contribution in [0.3, 0.4) is 0 Å². The molecule has 0 aliphatic rings. The predicted molar refractivity (Wildman–Crippen MR) is 71.8 cm³/mol. The van der Waals surface area contributed by atoms with Gasteiger partial charge in [-0.25, -0.2) is 4.79 Å². The first-order valence-electron chi connectivity index (χ1n) is 6.19. The van der Waals surface area contributed by atoms with Gasteiger partial charge in [-0.3, -0.25) is 4.98 Å². The highest BCUT2D eigenvalue weighted by Crippen LogP contribution is 2.21. The fourth-order valence-corrected chi connectivity index (χ4v) is 2.14. The number of oxazole rings is 1. The normalized spacial score (nSPS) is 13.0. The number of nitrogens with one attached hydrogen (secondary N) is 3. The highest BCUT2D eigenvalue weighted by atomic mass is 16.4. The molecule has 0 amide bonds. The molecular weight excluding hydrogens is 230 g/mol. The maximum absolute atomic E-state index is 11.1. The summed E-state index contributed by atoms with van der Waals surface area (Å²) in [6, 6.07) is 6.11. The van der Waals surface area contributed by atoms with Crippen molar-refractivity contribution in [2.45, 2.75) is 18.9 Å². The molecule has 1 aromatic carbocycles. The Balaban J connectivity index is 2.19. The number of fused-ring (bicyclic) bond motifs is 1. The summed E-state index contributed by atoms with van der Waals surface area (Å²) in [7, 11) is 3.90. The second-order valence-electron chi connectivity index (χ2n) is 4.36. The third-order valence-electron chi connectivity index (χ3n) is 3.12. The molecule has 2 aromatic rings. The SMILES string of the molecule is CNCCCC(NC)c1ccc2[nH]c(=O)oc2c1. The van der Waals surface area contributed by atoms with E-state index < -0.39 is 5.76 Å². The molecule has 1 unspecified atom stereocenters. The number of benzene rings is 1. The molecule has 1 atom stereocenters. The monoisotopic (exact) mass is 249 g/mol. The van der Waals surface area contributed by atoms with Crippen LogP contribution in [0.2, 0.25) is 0 Å². The van der Waals surface area contributed by atoms with Crippen LogP contribution in [0, 0.1) is 0 Å². The van der Waals surface area contributed by atoms with Gasteiger partial charge in [0, 0.05) is 6.04 Å². The Hall–Kier alpha value is -1.59. The number of rotatable bonds is 6. The van der Waals surface area contributed by atoms with Gasteiger partial charge in [-0.1, -0.05) is 6.07 Å². The van der Waals surface area contributed by atoms with Crippen LogP contribution in [0.5, 0.6) is 0 Å². The quantitative estimate of drug-likeness (QED) is 0.676. The van der Waals surface area contributed by atoms with E-state index >= 15 is 0 Å². The maximum Gasteiger partial charge on any atom is 0.417 e. The van der Waals surface area contributed by atoms with Gasteiger partial charge in [-0.15, -0.1) is 0 Å². The van der Waals surface area contributed by atoms with E-state index in [9.17, 15) is 4.79 Å². The van der Waals surface area contributed by atoms with Crippen molar-refractivity contribution in [3.05, 3.63) is 34.3 Å². The molecule has 1 heterocycles. The van der Waals surface area contributed by atoms with Crippen LogP contribution >= 0.6 is 0 Å². The Morgan fingerprint density at radius 2 is 2.22 bits per heavy atom. The summed E-state index contributed by atoms with van der Waals surface area (Å²) in [6.07, 6.45) is 2.13. The van der Waals surface area contributed by atoms with E-state index in [2.05, 4.69) is 15.6 Å². The van der Waals surface area contributed by atoms with Crippen LogP contribution in [0.4, 0.5) is 0 Å². The van der Waals surface area contributed by atoms with Gasteiger partial charge < -0.3 is 15.1 Å². The highest BCUT2D eigenvalue weighted by molar-refractivity contribution is 5.72. The van der Waals surface area contributed by atoms with Gasteiger partial charge in [0.25, 0.3) is 0 Å². The largest absolute Gasteiger partial charge is 0.417 e. The first kappa shape index (κ1) is 12.9. The Morgan fingerprint density at radius 3 is 2.94 bits per heavy atom. The molecule has 98 valence electrons. The van der Waals surface area contributed by atoms with Crippen LogP contribution in [-0.2, 0) is 0 Å². The molecule has 1 aromatic heterocycles. The number of hydrogen-bond donors (Lipinski definition) is 3. The molecule has 5 nitrogen and oxygen atoms in total. The molecular formula is C13H19N3O2. The lowest BCUT2D eigenvalue weighted by Crippen LogP contribution is -2.18. The van der Waals surface area contributed by atoms with Gasteiger partial charge in [0.05, 0.1) is 5.52 Å². The lowest BCUT2D eigenvalue weighted by atomic mass is 10.0. The molecule has 0 saturated heterocycles. The van der Waals surface area contributed by atoms with Crippen LogP contribution in [0.25, 0.3) is 11.1 Å². The van der Waals surface area contributed by atoms with Crippen molar-refractivity contribution in [3.63, 3.8) is 0 Å². The minimum Gasteiger partial charge on any atom is -0.408 e. The summed E-state index contributed by atoms with van der Waals surface area (Å²) in [6.45, 7) is 1.000. The van der Waals surface area contributed by atoms with Crippen LogP contribution < -0.4 is 16.4 Å². The summed E-state index contributed by atoms with van der Waals surface area (Å²) < 4.78 is 5.08. The van der Waals surface area contributed by atoms with E-state index in [0.29, 0.717) is 5.58 Å². The molecule has 0 saturated carbocycles. The van der Waals surface area contributed by atoms with Gasteiger partial charge in [0.1, 0.15) is 0 Å². The summed E-state index contributed by atoms with van der Waals surface area (Å²) in [4.78, 5) is 13.7. The van der Waals surface area contributed by atoms with E-state index in [1.165, 1.54) is 0 Å². The van der Waals surface area contributed by atoms with Crippen molar-refractivity contribution in [1.82, 2.24) is 15.6 Å². The van der Waals surface area contributed by atoms with Crippen molar-refractivity contribution >= 4 is 11.1 Å². The molecule has 0 fully saturated rings. The maximum atomic E-state index is 11.1. The average Bonchev–Trinajstić information content (AvgIpc) is 2.74. The molecule has 0 aliphatic heterocycles. The topological polar surface area (TPSA) is 70.1 Å². The van der Waals surface area contributed by atoms with Crippen LogP contribution in [-0.4, -0.2) is 25.6 Å². The summed E-state index contributed by atoms with van der Waals surface area (Å²) in [5, 5.41) is 6.43. The fraction of sp³-hybridized carbons (Fsp3) is 0.462. The molecule has 0 radical (unpaired) electrons. The first-order valence-corrected chi connectivity index (χ1v) is 6.19. The zero-order valence-corrected chi connectivity index (χ0v) is 10.7. The third kappa shape index (κ3) is 2.80. The molecule has 2 rings (SSSR count). The summed E-state index contributed by atoms with van der Waals surface area (Å²) in [5.41, 5.74) is 2.50. The Bertz CT molecular complexity index is 559. The van der Waals surface area contributed by atoms with E-state index in [1.54, 1.807) is 0 Å². The Morgan fingerprint density at radius 1 is 1.39 bits per heavy atom. The molecule has 0 spiro atoms. The van der Waals surface area contributed by atoms with Gasteiger partial charge in [-0.2, -0.15) is 0 Å².